The molecule has 1 aliphatic heterocycles. The monoisotopic (exact) mass is 223 g/mol. The Kier molecular flexibility index (Phi) is 2.19. The quantitative estimate of drug-likeness (QED) is 0.779. The molecule has 0 saturated carbocycles. The molecule has 82 valence electrons. The molecule has 1 unspecified atom stereocenters. The van der Waals surface area contributed by atoms with Crippen molar-refractivity contribution in [3.63, 3.8) is 0 Å². The SMILES string of the molecule is Cc1ccsc1C1(C)CC(=O)NC1(C)C. The molecule has 1 N–H and O–H groups in total. The lowest BCUT2D eigenvalue weighted by molar-refractivity contribution is -0.119. The van der Waals surface area contributed by atoms with Crippen LogP contribution in [0.3, 0.4) is 0 Å². The summed E-state index contributed by atoms with van der Waals surface area (Å²) in [6, 6.07) is 2.13. The van der Waals surface area contributed by atoms with Gasteiger partial charge in [0, 0.05) is 22.3 Å². The maximum Gasteiger partial charge on any atom is 0.221 e. The van der Waals surface area contributed by atoms with Crippen LogP contribution in [0.25, 0.3) is 0 Å². The lowest BCUT2D eigenvalue weighted by Gasteiger charge is -2.37. The first-order valence-corrected chi connectivity index (χ1v) is 6.10. The first-order chi connectivity index (χ1) is 6.87. The molecule has 2 nitrogen and oxygen atoms in total. The molecule has 2 rings (SSSR count). The summed E-state index contributed by atoms with van der Waals surface area (Å²) in [6.07, 6.45) is 0.599. The minimum Gasteiger partial charge on any atom is -0.350 e. The van der Waals surface area contributed by atoms with E-state index in [1.165, 1.54) is 10.4 Å². The van der Waals surface area contributed by atoms with Gasteiger partial charge in [0.05, 0.1) is 0 Å². The van der Waals surface area contributed by atoms with Crippen LogP contribution in [0.15, 0.2) is 11.4 Å². The number of hydrogen-bond donors (Lipinski definition) is 1. The maximum absolute atomic E-state index is 11.6. The third kappa shape index (κ3) is 1.41. The van der Waals surface area contributed by atoms with Crippen LogP contribution in [-0.4, -0.2) is 11.4 Å². The highest BCUT2D eigenvalue weighted by molar-refractivity contribution is 7.10. The van der Waals surface area contributed by atoms with Crippen molar-refractivity contribution in [1.82, 2.24) is 5.32 Å². The third-order valence-corrected chi connectivity index (χ3v) is 4.99. The Hall–Kier alpha value is -0.830. The average molecular weight is 223 g/mol. The topological polar surface area (TPSA) is 29.1 Å². The van der Waals surface area contributed by atoms with Crippen molar-refractivity contribution in [2.24, 2.45) is 0 Å². The van der Waals surface area contributed by atoms with Gasteiger partial charge < -0.3 is 5.32 Å². The number of carbonyl (C=O) groups is 1. The standard InChI is InChI=1S/C12H17NOS/c1-8-5-6-15-10(8)12(4)7-9(14)13-11(12,2)3/h5-6H,7H2,1-4H3,(H,13,14). The number of rotatable bonds is 1. The number of aryl methyl sites for hydroxylation is 1. The summed E-state index contributed by atoms with van der Waals surface area (Å²) in [4.78, 5) is 12.9. The van der Waals surface area contributed by atoms with E-state index in [0.29, 0.717) is 6.42 Å². The summed E-state index contributed by atoms with van der Waals surface area (Å²) in [6.45, 7) is 8.52. The zero-order chi connectivity index (χ0) is 11.3. The third-order valence-electron chi connectivity index (χ3n) is 3.71. The Morgan fingerprint density at radius 1 is 1.40 bits per heavy atom. The number of carbonyl (C=O) groups excluding carboxylic acids is 1. The van der Waals surface area contributed by atoms with Gasteiger partial charge in [0.25, 0.3) is 0 Å². The van der Waals surface area contributed by atoms with Gasteiger partial charge in [0.15, 0.2) is 0 Å². The van der Waals surface area contributed by atoms with E-state index >= 15 is 0 Å². The first-order valence-electron chi connectivity index (χ1n) is 5.22. The molecule has 3 heteroatoms. The predicted octanol–water partition coefficient (Wildman–Crippen LogP) is 2.61. The fourth-order valence-electron chi connectivity index (χ4n) is 2.37. The summed E-state index contributed by atoms with van der Waals surface area (Å²) in [5.41, 5.74) is 1.08. The van der Waals surface area contributed by atoms with Gasteiger partial charge in [-0.05, 0) is 37.8 Å². The van der Waals surface area contributed by atoms with Crippen molar-refractivity contribution in [3.05, 3.63) is 21.9 Å². The van der Waals surface area contributed by atoms with Crippen molar-refractivity contribution in [3.8, 4) is 0 Å². The van der Waals surface area contributed by atoms with Gasteiger partial charge in [-0.2, -0.15) is 0 Å². The molecule has 0 aliphatic carbocycles. The zero-order valence-electron chi connectivity index (χ0n) is 9.68. The van der Waals surface area contributed by atoms with Crippen molar-refractivity contribution < 1.29 is 4.79 Å². The van der Waals surface area contributed by atoms with E-state index in [1.807, 2.05) is 0 Å². The molecule has 1 aromatic rings. The first kappa shape index (κ1) is 10.7. The summed E-state index contributed by atoms with van der Waals surface area (Å²) < 4.78 is 0. The van der Waals surface area contributed by atoms with Crippen LogP contribution in [0.4, 0.5) is 0 Å². The molecular weight excluding hydrogens is 206 g/mol. The lowest BCUT2D eigenvalue weighted by atomic mass is 9.72. The molecule has 0 bridgehead atoms. The molecule has 0 spiro atoms. The van der Waals surface area contributed by atoms with Crippen molar-refractivity contribution in [2.75, 3.05) is 0 Å². The lowest BCUT2D eigenvalue weighted by Crippen LogP contribution is -2.48. The van der Waals surface area contributed by atoms with Crippen LogP contribution in [-0.2, 0) is 10.2 Å². The average Bonchev–Trinajstić information content (AvgIpc) is 2.56. The molecule has 1 amide bonds. The van der Waals surface area contributed by atoms with Gasteiger partial charge in [0.2, 0.25) is 5.91 Å². The van der Waals surface area contributed by atoms with E-state index < -0.39 is 0 Å². The van der Waals surface area contributed by atoms with Crippen LogP contribution in [0.2, 0.25) is 0 Å². The summed E-state index contributed by atoms with van der Waals surface area (Å²) in [7, 11) is 0. The number of nitrogens with one attached hydrogen (secondary N) is 1. The maximum atomic E-state index is 11.6. The largest absolute Gasteiger partial charge is 0.350 e. The highest BCUT2D eigenvalue weighted by Gasteiger charge is 2.51. The molecular formula is C12H17NOS. The highest BCUT2D eigenvalue weighted by atomic mass is 32.1. The van der Waals surface area contributed by atoms with E-state index in [9.17, 15) is 4.79 Å². The Morgan fingerprint density at radius 3 is 2.47 bits per heavy atom. The Balaban J connectivity index is 2.51. The molecule has 1 aliphatic rings. The van der Waals surface area contributed by atoms with Crippen molar-refractivity contribution in [1.29, 1.82) is 0 Å². The molecule has 1 atom stereocenters. The minimum atomic E-state index is -0.153. The minimum absolute atomic E-state index is 0.0671. The van der Waals surface area contributed by atoms with Crippen LogP contribution < -0.4 is 5.32 Å². The summed E-state index contributed by atoms with van der Waals surface area (Å²) in [5.74, 6) is 0.162. The molecule has 0 aromatic carbocycles. The second kappa shape index (κ2) is 3.08. The second-order valence-electron chi connectivity index (χ2n) is 5.11. The van der Waals surface area contributed by atoms with E-state index in [2.05, 4.69) is 44.5 Å². The molecule has 1 fully saturated rings. The van der Waals surface area contributed by atoms with Gasteiger partial charge in [0.1, 0.15) is 0 Å². The second-order valence-corrected chi connectivity index (χ2v) is 6.03. The molecule has 2 heterocycles. The number of thiophene rings is 1. The number of amides is 1. The fourth-order valence-corrected chi connectivity index (χ4v) is 3.62. The zero-order valence-corrected chi connectivity index (χ0v) is 10.5. The number of hydrogen-bond acceptors (Lipinski definition) is 2. The Bertz CT molecular complexity index is 408. The van der Waals surface area contributed by atoms with Crippen LogP contribution in [0.1, 0.15) is 37.6 Å². The molecule has 15 heavy (non-hydrogen) atoms. The van der Waals surface area contributed by atoms with Crippen molar-refractivity contribution >= 4 is 17.2 Å². The van der Waals surface area contributed by atoms with E-state index in [4.69, 9.17) is 0 Å². The molecule has 1 aromatic heterocycles. The normalized spacial score (nSPS) is 29.2. The van der Waals surface area contributed by atoms with Gasteiger partial charge >= 0.3 is 0 Å². The van der Waals surface area contributed by atoms with Gasteiger partial charge in [-0.15, -0.1) is 11.3 Å². The van der Waals surface area contributed by atoms with E-state index in [1.54, 1.807) is 11.3 Å². The fraction of sp³-hybridized carbons (Fsp3) is 0.583. The Morgan fingerprint density at radius 2 is 2.07 bits per heavy atom. The summed E-state index contributed by atoms with van der Waals surface area (Å²) >= 11 is 1.76. The van der Waals surface area contributed by atoms with Crippen LogP contribution >= 0.6 is 11.3 Å². The van der Waals surface area contributed by atoms with Gasteiger partial charge in [-0.25, -0.2) is 0 Å². The van der Waals surface area contributed by atoms with E-state index in [0.717, 1.165) is 0 Å². The highest BCUT2D eigenvalue weighted by Crippen LogP contribution is 2.45. The molecule has 1 saturated heterocycles. The Labute approximate surface area is 94.7 Å². The van der Waals surface area contributed by atoms with Gasteiger partial charge in [-0.1, -0.05) is 6.92 Å². The predicted molar refractivity (Wildman–Crippen MR) is 63.2 cm³/mol. The smallest absolute Gasteiger partial charge is 0.221 e. The molecule has 0 radical (unpaired) electrons. The van der Waals surface area contributed by atoms with Crippen molar-refractivity contribution in [2.45, 2.75) is 45.1 Å². The van der Waals surface area contributed by atoms with E-state index in [-0.39, 0.29) is 16.9 Å². The summed E-state index contributed by atoms with van der Waals surface area (Å²) in [5, 5.41) is 5.17. The van der Waals surface area contributed by atoms with Crippen LogP contribution in [0, 0.1) is 6.92 Å². The van der Waals surface area contributed by atoms with Gasteiger partial charge in [-0.3, -0.25) is 4.79 Å². The van der Waals surface area contributed by atoms with Crippen LogP contribution in [0.5, 0.6) is 0 Å².